The van der Waals surface area contributed by atoms with E-state index >= 15 is 0 Å². The lowest BCUT2D eigenvalue weighted by atomic mass is 9.94. The van der Waals surface area contributed by atoms with E-state index in [1.807, 2.05) is 0 Å². The number of hydrogen-bond donors (Lipinski definition) is 5. The summed E-state index contributed by atoms with van der Waals surface area (Å²) >= 11 is -2.65. The number of aliphatic hydroxyl groups excluding tert-OH is 1. The van der Waals surface area contributed by atoms with Crippen LogP contribution in [-0.4, -0.2) is 50.3 Å². The molecule has 3 atom stereocenters. The third-order valence-corrected chi connectivity index (χ3v) is 5.38. The molecule has 0 radical (unpaired) electrons. The van der Waals surface area contributed by atoms with Crippen molar-refractivity contribution in [3.63, 3.8) is 0 Å². The highest BCUT2D eigenvalue weighted by Gasteiger charge is 2.35. The molecule has 0 saturated carbocycles. The number of ether oxygens (including phenoxy) is 2. The quantitative estimate of drug-likeness (QED) is 0.249. The molecule has 0 saturated heterocycles. The maximum Gasteiger partial charge on any atom is 0.446 e. The van der Waals surface area contributed by atoms with Crippen LogP contribution in [0.3, 0.4) is 0 Å². The molecule has 0 bridgehead atoms. The van der Waals surface area contributed by atoms with E-state index in [2.05, 4.69) is 4.18 Å². The molecule has 0 spiro atoms. The number of fused-ring (bicyclic) bond motifs is 1. The molecule has 0 amide bonds. The van der Waals surface area contributed by atoms with Crippen LogP contribution in [0.15, 0.2) is 29.2 Å². The number of rotatable bonds is 5. The van der Waals surface area contributed by atoms with E-state index in [4.69, 9.17) is 14.0 Å². The van der Waals surface area contributed by atoms with E-state index in [-0.39, 0.29) is 29.2 Å². The predicted molar refractivity (Wildman–Crippen MR) is 97.1 cm³/mol. The number of benzene rings is 2. The smallest absolute Gasteiger partial charge is 0.446 e. The monoisotopic (exact) mass is 448 g/mol. The molecular weight excluding hydrogens is 432 g/mol. The zero-order chi connectivity index (χ0) is 21.5. The van der Waals surface area contributed by atoms with Gasteiger partial charge in [0.15, 0.2) is 34.1 Å². The zero-order valence-electron chi connectivity index (χ0n) is 14.7. The summed E-state index contributed by atoms with van der Waals surface area (Å²) in [6.07, 6.45) is -2.44. The summed E-state index contributed by atoms with van der Waals surface area (Å²) in [5, 5.41) is 30.1. The minimum Gasteiger partial charge on any atom is -0.504 e. The second-order valence-electron chi connectivity index (χ2n) is 6.03. The lowest BCUT2D eigenvalue weighted by Gasteiger charge is -2.32. The summed E-state index contributed by atoms with van der Waals surface area (Å²) in [7, 11) is -3.56. The van der Waals surface area contributed by atoms with Gasteiger partial charge in [0.25, 0.3) is 0 Å². The molecule has 5 N–H and O–H groups in total. The van der Waals surface area contributed by atoms with Gasteiger partial charge in [0.2, 0.25) is 0 Å². The molecule has 3 unspecified atom stereocenters. The highest BCUT2D eigenvalue weighted by atomic mass is 32.3. The van der Waals surface area contributed by atoms with Crippen LogP contribution in [0.1, 0.15) is 17.2 Å². The molecule has 1 heterocycles. The summed E-state index contributed by atoms with van der Waals surface area (Å²) < 4.78 is 66.7. The minimum absolute atomic E-state index is 0.0229. The molecule has 158 valence electrons. The Morgan fingerprint density at radius 3 is 2.48 bits per heavy atom. The number of aromatic hydroxyl groups is 2. The number of phenols is 2. The van der Waals surface area contributed by atoms with E-state index in [1.54, 1.807) is 0 Å². The van der Waals surface area contributed by atoms with Crippen molar-refractivity contribution in [1.29, 1.82) is 0 Å². The van der Waals surface area contributed by atoms with Crippen LogP contribution in [0, 0.1) is 0 Å². The molecule has 0 aromatic heterocycles. The van der Waals surface area contributed by atoms with Gasteiger partial charge in [0.1, 0.15) is 16.7 Å². The van der Waals surface area contributed by atoms with Gasteiger partial charge in [-0.05, 0) is 17.7 Å². The Morgan fingerprint density at radius 2 is 1.90 bits per heavy atom. The van der Waals surface area contributed by atoms with Crippen LogP contribution in [0.25, 0.3) is 0 Å². The number of aliphatic hydroxyl groups is 1. The van der Waals surface area contributed by atoms with Gasteiger partial charge < -0.3 is 33.5 Å². The van der Waals surface area contributed by atoms with Crippen molar-refractivity contribution < 1.29 is 50.7 Å². The number of hydrogen-bond acceptors (Lipinski definition) is 9. The first kappa shape index (κ1) is 21.1. The van der Waals surface area contributed by atoms with Gasteiger partial charge in [-0.15, -0.1) is 0 Å². The van der Waals surface area contributed by atoms with E-state index < -0.39 is 50.1 Å². The number of methoxy groups -OCH3 is 1. The van der Waals surface area contributed by atoms with Gasteiger partial charge in [-0.2, -0.15) is 8.42 Å². The Kier molecular flexibility index (Phi) is 5.60. The van der Waals surface area contributed by atoms with E-state index in [1.165, 1.54) is 25.3 Å². The molecule has 3 rings (SSSR count). The van der Waals surface area contributed by atoms with Crippen LogP contribution >= 0.6 is 0 Å². The molecule has 13 heteroatoms. The molecular formula is C16H16O11S2. The van der Waals surface area contributed by atoms with Crippen molar-refractivity contribution in [1.82, 2.24) is 0 Å². The third kappa shape index (κ3) is 4.23. The van der Waals surface area contributed by atoms with Crippen molar-refractivity contribution in [2.75, 3.05) is 7.11 Å². The molecule has 29 heavy (non-hydrogen) atoms. The van der Waals surface area contributed by atoms with Gasteiger partial charge in [-0.1, -0.05) is 6.07 Å². The van der Waals surface area contributed by atoms with Crippen LogP contribution in [0.5, 0.6) is 28.7 Å². The Bertz CT molecular complexity index is 1080. The van der Waals surface area contributed by atoms with Gasteiger partial charge in [0.05, 0.1) is 13.2 Å². The van der Waals surface area contributed by atoms with Crippen LogP contribution in [0.2, 0.25) is 0 Å². The fourth-order valence-electron chi connectivity index (χ4n) is 3.00. The Labute approximate surface area is 167 Å². The first-order valence-electron chi connectivity index (χ1n) is 7.90. The Balaban J connectivity index is 2.02. The van der Waals surface area contributed by atoms with Crippen molar-refractivity contribution in [3.8, 4) is 28.7 Å². The largest absolute Gasteiger partial charge is 0.504 e. The molecule has 1 aliphatic heterocycles. The maximum atomic E-state index is 11.5. The van der Waals surface area contributed by atoms with E-state index in [0.717, 1.165) is 6.07 Å². The molecule has 2 aromatic carbocycles. The molecule has 2 aromatic rings. The third-order valence-electron chi connectivity index (χ3n) is 4.20. The average molecular weight is 448 g/mol. The first-order chi connectivity index (χ1) is 13.5. The van der Waals surface area contributed by atoms with Crippen molar-refractivity contribution in [3.05, 3.63) is 35.4 Å². The summed E-state index contributed by atoms with van der Waals surface area (Å²) in [6.45, 7) is 0. The summed E-state index contributed by atoms with van der Waals surface area (Å²) in [5.41, 5.74) is 0.380. The second kappa shape index (κ2) is 7.68. The molecule has 0 fully saturated rings. The SMILES string of the molecule is COc1cc(C2Oc3cc(O)c(O)c(S(=O)O)c3CC2O)ccc1OS(=O)(=O)O. The lowest BCUT2D eigenvalue weighted by Crippen LogP contribution is -2.31. The molecule has 0 aliphatic carbocycles. The topological polar surface area (TPSA) is 180 Å². The average Bonchev–Trinajstić information content (AvgIpc) is 2.61. The van der Waals surface area contributed by atoms with Crippen molar-refractivity contribution in [2.45, 2.75) is 23.5 Å². The van der Waals surface area contributed by atoms with E-state index in [0.29, 0.717) is 5.56 Å². The molecule has 11 nitrogen and oxygen atoms in total. The second-order valence-corrected chi connectivity index (χ2v) is 7.96. The highest BCUT2D eigenvalue weighted by Crippen LogP contribution is 2.46. The fourth-order valence-corrected chi connectivity index (χ4v) is 4.03. The van der Waals surface area contributed by atoms with Crippen LogP contribution in [0.4, 0.5) is 0 Å². The predicted octanol–water partition coefficient (Wildman–Crippen LogP) is 0.906. The number of phenolic OH excluding ortho intramolecular Hbond substituents is 2. The Morgan fingerprint density at radius 1 is 1.21 bits per heavy atom. The normalized spacial score (nSPS) is 19.7. The highest BCUT2D eigenvalue weighted by molar-refractivity contribution is 7.81. The maximum absolute atomic E-state index is 11.5. The standard InChI is InChI=1S/C16H16O11S2/c1-25-13-4-7(2-3-11(13)27-29(22,23)24)15-10(18)5-8-12(26-15)6-9(17)14(19)16(8)28(20)21/h2-4,6,10,15,17-19H,5H2,1H3,(H,20,21)(H,22,23,24). The van der Waals surface area contributed by atoms with Gasteiger partial charge in [-0.3, -0.25) is 4.55 Å². The van der Waals surface area contributed by atoms with Crippen LogP contribution in [-0.2, 0) is 27.9 Å². The zero-order valence-corrected chi connectivity index (χ0v) is 16.3. The minimum atomic E-state index is -4.78. The Hall–Kier alpha value is -2.58. The van der Waals surface area contributed by atoms with Gasteiger partial charge >= 0.3 is 10.4 Å². The van der Waals surface area contributed by atoms with Gasteiger partial charge in [-0.25, -0.2) is 4.21 Å². The van der Waals surface area contributed by atoms with Gasteiger partial charge in [0, 0.05) is 18.1 Å². The first-order valence-corrected chi connectivity index (χ1v) is 10.4. The summed E-state index contributed by atoms with van der Waals surface area (Å²) in [6, 6.07) is 4.89. The summed E-state index contributed by atoms with van der Waals surface area (Å²) in [5.74, 6) is -1.86. The summed E-state index contributed by atoms with van der Waals surface area (Å²) in [4.78, 5) is -0.466. The van der Waals surface area contributed by atoms with Crippen molar-refractivity contribution >= 4 is 21.5 Å². The lowest BCUT2D eigenvalue weighted by molar-refractivity contribution is 0.0193. The fraction of sp³-hybridized carbons (Fsp3) is 0.250. The molecule has 1 aliphatic rings. The van der Waals surface area contributed by atoms with Crippen molar-refractivity contribution in [2.24, 2.45) is 0 Å². The van der Waals surface area contributed by atoms with E-state index in [9.17, 15) is 32.5 Å². The van der Waals surface area contributed by atoms with Crippen LogP contribution < -0.4 is 13.7 Å².